The van der Waals surface area contributed by atoms with Gasteiger partial charge in [-0.15, -0.1) is 10.2 Å². The van der Waals surface area contributed by atoms with Crippen LogP contribution in [0.4, 0.5) is 5.13 Å². The molecular weight excluding hydrogens is 192 g/mol. The molecule has 1 rings (SSSR count). The van der Waals surface area contributed by atoms with E-state index in [4.69, 9.17) is 0 Å². The standard InChI is InChI=1S/C6H10N4S2/c1-10(2)4-7-5-8-9-6(11-3)12-5/h4H,1-3H3/b7-4+. The van der Waals surface area contributed by atoms with Crippen LogP contribution in [0, 0.1) is 0 Å². The Morgan fingerprint density at radius 2 is 2.25 bits per heavy atom. The fourth-order valence-electron chi connectivity index (χ4n) is 0.502. The summed E-state index contributed by atoms with van der Waals surface area (Å²) < 4.78 is 0.945. The molecule has 1 aromatic heterocycles. The zero-order valence-electron chi connectivity index (χ0n) is 7.18. The minimum absolute atomic E-state index is 0.702. The van der Waals surface area contributed by atoms with Crippen LogP contribution in [0.2, 0.25) is 0 Å². The molecule has 0 aliphatic heterocycles. The van der Waals surface area contributed by atoms with E-state index in [9.17, 15) is 0 Å². The van der Waals surface area contributed by atoms with Gasteiger partial charge in [-0.3, -0.25) is 0 Å². The van der Waals surface area contributed by atoms with Gasteiger partial charge in [0.05, 0.1) is 6.34 Å². The first-order valence-corrected chi connectivity index (χ1v) is 5.34. The van der Waals surface area contributed by atoms with Crippen LogP contribution in [-0.2, 0) is 0 Å². The summed E-state index contributed by atoms with van der Waals surface area (Å²) in [7, 11) is 3.83. The van der Waals surface area contributed by atoms with Gasteiger partial charge in [0, 0.05) is 14.1 Å². The van der Waals surface area contributed by atoms with Gasteiger partial charge >= 0.3 is 0 Å². The van der Waals surface area contributed by atoms with Crippen LogP contribution in [0.1, 0.15) is 0 Å². The first kappa shape index (κ1) is 9.47. The third-order valence-electron chi connectivity index (χ3n) is 0.970. The first-order valence-electron chi connectivity index (χ1n) is 3.30. The maximum atomic E-state index is 4.11. The molecule has 66 valence electrons. The summed E-state index contributed by atoms with van der Waals surface area (Å²) in [4.78, 5) is 5.97. The lowest BCUT2D eigenvalue weighted by atomic mass is 10.9. The minimum Gasteiger partial charge on any atom is -0.369 e. The highest BCUT2D eigenvalue weighted by Crippen LogP contribution is 2.24. The quantitative estimate of drug-likeness (QED) is 0.423. The zero-order chi connectivity index (χ0) is 8.97. The molecule has 1 heterocycles. The summed E-state index contributed by atoms with van der Waals surface area (Å²) in [5, 5.41) is 8.50. The SMILES string of the molecule is CSc1nnc(/N=C/N(C)C)s1. The zero-order valence-corrected chi connectivity index (χ0v) is 8.82. The number of nitrogens with zero attached hydrogens (tertiary/aromatic N) is 4. The normalized spacial score (nSPS) is 10.9. The van der Waals surface area contributed by atoms with Gasteiger partial charge in [0.15, 0.2) is 4.34 Å². The van der Waals surface area contributed by atoms with Crippen LogP contribution in [0.5, 0.6) is 0 Å². The molecule has 0 aliphatic rings. The van der Waals surface area contributed by atoms with Crippen molar-refractivity contribution < 1.29 is 0 Å². The van der Waals surface area contributed by atoms with E-state index < -0.39 is 0 Å². The smallest absolute Gasteiger partial charge is 0.233 e. The van der Waals surface area contributed by atoms with Crippen molar-refractivity contribution >= 4 is 34.6 Å². The highest BCUT2D eigenvalue weighted by molar-refractivity contribution is 8.00. The molecule has 0 N–H and O–H groups in total. The largest absolute Gasteiger partial charge is 0.369 e. The van der Waals surface area contributed by atoms with Gasteiger partial charge in [-0.2, -0.15) is 0 Å². The topological polar surface area (TPSA) is 41.4 Å². The van der Waals surface area contributed by atoms with E-state index in [2.05, 4.69) is 15.2 Å². The van der Waals surface area contributed by atoms with Gasteiger partial charge in [-0.1, -0.05) is 23.1 Å². The molecule has 0 aliphatic carbocycles. The van der Waals surface area contributed by atoms with Crippen molar-refractivity contribution in [2.24, 2.45) is 4.99 Å². The second-order valence-electron chi connectivity index (χ2n) is 2.26. The monoisotopic (exact) mass is 202 g/mol. The van der Waals surface area contributed by atoms with Gasteiger partial charge < -0.3 is 4.90 Å². The Labute approximate surface area is 79.7 Å². The van der Waals surface area contributed by atoms with E-state index >= 15 is 0 Å². The van der Waals surface area contributed by atoms with Crippen LogP contribution in [-0.4, -0.2) is 41.8 Å². The molecule has 0 spiro atoms. The lowest BCUT2D eigenvalue weighted by Gasteiger charge is -1.99. The highest BCUT2D eigenvalue weighted by Gasteiger charge is 1.98. The molecule has 0 unspecified atom stereocenters. The first-order chi connectivity index (χ1) is 5.72. The lowest BCUT2D eigenvalue weighted by Crippen LogP contribution is -2.06. The summed E-state index contributed by atoms with van der Waals surface area (Å²) in [5.74, 6) is 0. The Kier molecular flexibility index (Phi) is 3.48. The van der Waals surface area contributed by atoms with Crippen molar-refractivity contribution in [3.05, 3.63) is 0 Å². The van der Waals surface area contributed by atoms with Crippen LogP contribution in [0.15, 0.2) is 9.33 Å². The molecule has 1 aromatic rings. The molecule has 0 saturated heterocycles. The van der Waals surface area contributed by atoms with E-state index in [0.717, 1.165) is 4.34 Å². The van der Waals surface area contributed by atoms with E-state index in [1.807, 2.05) is 25.3 Å². The van der Waals surface area contributed by atoms with Crippen LogP contribution in [0.25, 0.3) is 0 Å². The average Bonchev–Trinajstić information content (AvgIpc) is 2.48. The molecule has 12 heavy (non-hydrogen) atoms. The Balaban J connectivity index is 2.63. The van der Waals surface area contributed by atoms with Gasteiger partial charge in [0.25, 0.3) is 0 Å². The molecular formula is C6H10N4S2. The Bertz CT molecular complexity index is 268. The van der Waals surface area contributed by atoms with E-state index in [1.54, 1.807) is 18.1 Å². The van der Waals surface area contributed by atoms with Gasteiger partial charge in [0.1, 0.15) is 0 Å². The number of hydrogen-bond acceptors (Lipinski definition) is 5. The Hall–Kier alpha value is -0.620. The molecule has 0 fully saturated rings. The summed E-state index contributed by atoms with van der Waals surface area (Å²) in [6.45, 7) is 0. The molecule has 0 radical (unpaired) electrons. The molecule has 0 atom stereocenters. The fourth-order valence-corrected chi connectivity index (χ4v) is 1.60. The lowest BCUT2D eigenvalue weighted by molar-refractivity contribution is 0.643. The maximum absolute atomic E-state index is 4.11. The number of hydrogen-bond donors (Lipinski definition) is 0. The number of aromatic nitrogens is 2. The predicted molar refractivity (Wildman–Crippen MR) is 53.5 cm³/mol. The van der Waals surface area contributed by atoms with E-state index in [-0.39, 0.29) is 0 Å². The van der Waals surface area contributed by atoms with Crippen molar-refractivity contribution in [3.63, 3.8) is 0 Å². The Morgan fingerprint density at radius 1 is 1.50 bits per heavy atom. The summed E-state index contributed by atoms with van der Waals surface area (Å²) in [6, 6.07) is 0. The van der Waals surface area contributed by atoms with Crippen molar-refractivity contribution in [2.75, 3.05) is 20.4 Å². The fraction of sp³-hybridized carbons (Fsp3) is 0.500. The molecule has 0 aromatic carbocycles. The minimum atomic E-state index is 0.702. The van der Waals surface area contributed by atoms with Crippen molar-refractivity contribution in [2.45, 2.75) is 4.34 Å². The molecule has 0 bridgehead atoms. The van der Waals surface area contributed by atoms with Crippen molar-refractivity contribution in [1.82, 2.24) is 15.1 Å². The average molecular weight is 202 g/mol. The number of thioether (sulfide) groups is 1. The third kappa shape index (κ3) is 2.78. The van der Waals surface area contributed by atoms with E-state index in [1.165, 1.54) is 11.3 Å². The van der Waals surface area contributed by atoms with Gasteiger partial charge in [-0.05, 0) is 6.26 Å². The predicted octanol–water partition coefficient (Wildman–Crippen LogP) is 1.48. The van der Waals surface area contributed by atoms with Crippen LogP contribution < -0.4 is 0 Å². The number of rotatable bonds is 3. The Morgan fingerprint density at radius 3 is 2.75 bits per heavy atom. The van der Waals surface area contributed by atoms with Crippen LogP contribution in [0.3, 0.4) is 0 Å². The van der Waals surface area contributed by atoms with E-state index in [0.29, 0.717) is 5.13 Å². The molecule has 4 nitrogen and oxygen atoms in total. The van der Waals surface area contributed by atoms with Crippen LogP contribution >= 0.6 is 23.1 Å². The maximum Gasteiger partial charge on any atom is 0.233 e. The van der Waals surface area contributed by atoms with Crippen molar-refractivity contribution in [3.8, 4) is 0 Å². The summed E-state index contributed by atoms with van der Waals surface area (Å²) in [5.41, 5.74) is 0. The summed E-state index contributed by atoms with van der Waals surface area (Å²) in [6.07, 6.45) is 3.69. The molecule has 6 heteroatoms. The molecule has 0 amide bonds. The summed E-state index contributed by atoms with van der Waals surface area (Å²) >= 11 is 3.07. The van der Waals surface area contributed by atoms with Gasteiger partial charge in [0.2, 0.25) is 5.13 Å². The third-order valence-corrected chi connectivity index (χ3v) is 2.78. The molecule has 0 saturated carbocycles. The second kappa shape index (κ2) is 4.42. The van der Waals surface area contributed by atoms with Gasteiger partial charge in [-0.25, -0.2) is 4.99 Å². The number of aliphatic imine (C=N–C) groups is 1. The highest BCUT2D eigenvalue weighted by atomic mass is 32.2. The van der Waals surface area contributed by atoms with Crippen molar-refractivity contribution in [1.29, 1.82) is 0 Å². The second-order valence-corrected chi connectivity index (χ2v) is 4.27.